The second-order valence-corrected chi connectivity index (χ2v) is 11.0. The Labute approximate surface area is 154 Å². The van der Waals surface area contributed by atoms with E-state index in [4.69, 9.17) is 4.74 Å². The third kappa shape index (κ3) is 2.83. The van der Waals surface area contributed by atoms with Crippen molar-refractivity contribution < 1.29 is 9.84 Å². The van der Waals surface area contributed by atoms with Gasteiger partial charge in [-0.2, -0.15) is 0 Å². The fourth-order valence-electron chi connectivity index (χ4n) is 7.20. The molecule has 0 aromatic rings. The molecule has 1 N–H and O–H groups in total. The second-order valence-electron chi connectivity index (χ2n) is 11.0. The fourth-order valence-corrected chi connectivity index (χ4v) is 7.20. The van der Waals surface area contributed by atoms with Crippen LogP contribution in [0.1, 0.15) is 86.0 Å². The Hall–Kier alpha value is -0.340. The van der Waals surface area contributed by atoms with Gasteiger partial charge in [0.05, 0.1) is 17.8 Å². The highest BCUT2D eigenvalue weighted by Gasteiger charge is 2.58. The highest BCUT2D eigenvalue weighted by molar-refractivity contribution is 5.25. The molecule has 142 valence electrons. The van der Waals surface area contributed by atoms with Crippen LogP contribution >= 0.6 is 0 Å². The summed E-state index contributed by atoms with van der Waals surface area (Å²) in [4.78, 5) is 0. The van der Waals surface area contributed by atoms with Gasteiger partial charge in [-0.25, -0.2) is 0 Å². The molecule has 0 aliphatic heterocycles. The van der Waals surface area contributed by atoms with Crippen molar-refractivity contribution in [3.8, 4) is 0 Å². The number of ether oxygens (including phenoxy) is 1. The summed E-state index contributed by atoms with van der Waals surface area (Å²) >= 11 is 0. The maximum atomic E-state index is 10.6. The summed E-state index contributed by atoms with van der Waals surface area (Å²) in [7, 11) is 0. The van der Waals surface area contributed by atoms with Crippen molar-refractivity contribution >= 4 is 0 Å². The lowest BCUT2D eigenvalue weighted by Crippen LogP contribution is -2.51. The highest BCUT2D eigenvalue weighted by Crippen LogP contribution is 2.64. The molecule has 25 heavy (non-hydrogen) atoms. The molecule has 2 heteroatoms. The van der Waals surface area contributed by atoms with Crippen molar-refractivity contribution in [2.24, 2.45) is 28.6 Å². The molecule has 0 radical (unpaired) electrons. The van der Waals surface area contributed by atoms with Gasteiger partial charge in [0.2, 0.25) is 0 Å². The average Bonchev–Trinajstić information content (AvgIpc) is 2.82. The predicted octanol–water partition coefficient (Wildman–Crippen LogP) is 5.49. The zero-order valence-corrected chi connectivity index (χ0v) is 17.0. The summed E-state index contributed by atoms with van der Waals surface area (Å²) in [6.07, 6.45) is 12.6. The van der Waals surface area contributed by atoms with Crippen LogP contribution in [0, 0.1) is 28.6 Å². The normalized spacial score (nSPS) is 49.8. The lowest BCUT2D eigenvalue weighted by Gasteiger charge is -2.58. The van der Waals surface area contributed by atoms with E-state index in [9.17, 15) is 5.11 Å². The topological polar surface area (TPSA) is 29.5 Å². The number of rotatable bonds is 1. The Morgan fingerprint density at radius 3 is 2.52 bits per heavy atom. The van der Waals surface area contributed by atoms with Crippen molar-refractivity contribution in [1.29, 1.82) is 0 Å². The predicted molar refractivity (Wildman–Crippen MR) is 102 cm³/mol. The van der Waals surface area contributed by atoms with E-state index in [0.29, 0.717) is 11.5 Å². The molecule has 0 amide bonds. The minimum atomic E-state index is -0.0624. The highest BCUT2D eigenvalue weighted by atomic mass is 16.5. The van der Waals surface area contributed by atoms with E-state index in [0.717, 1.165) is 30.6 Å². The SMILES string of the molecule is CC(C)(C)OC1CCC2(C)C(=CCC3C2CCC2(C)C(O)CCC32)C1. The lowest BCUT2D eigenvalue weighted by atomic mass is 9.48. The van der Waals surface area contributed by atoms with Gasteiger partial charge >= 0.3 is 0 Å². The Bertz CT molecular complexity index is 559. The van der Waals surface area contributed by atoms with E-state index in [1.807, 2.05) is 0 Å². The quantitative estimate of drug-likeness (QED) is 0.636. The van der Waals surface area contributed by atoms with Crippen molar-refractivity contribution in [2.75, 3.05) is 0 Å². The molecule has 3 saturated carbocycles. The minimum absolute atomic E-state index is 0.0389. The second kappa shape index (κ2) is 5.83. The molecule has 4 rings (SSSR count). The molecule has 0 heterocycles. The Balaban J connectivity index is 1.56. The van der Waals surface area contributed by atoms with E-state index in [2.05, 4.69) is 40.7 Å². The molecule has 4 aliphatic carbocycles. The molecule has 0 aromatic heterocycles. The van der Waals surface area contributed by atoms with Gasteiger partial charge in [0.25, 0.3) is 0 Å². The number of aliphatic hydroxyl groups excluding tert-OH is 1. The molecule has 4 aliphatic rings. The van der Waals surface area contributed by atoms with Gasteiger partial charge in [-0.1, -0.05) is 25.5 Å². The standard InChI is InChI=1S/C23H38O2/c1-21(2,3)25-16-10-12-22(4)15(14-16)6-7-17-18-8-9-20(24)23(18,5)13-11-19(17)22/h6,16-20,24H,7-14H2,1-5H3. The molecule has 7 unspecified atom stereocenters. The van der Waals surface area contributed by atoms with Gasteiger partial charge in [0, 0.05) is 0 Å². The molecule has 0 aromatic carbocycles. The van der Waals surface area contributed by atoms with E-state index in [1.165, 1.54) is 38.5 Å². The molecule has 3 fully saturated rings. The molecular weight excluding hydrogens is 308 g/mol. The monoisotopic (exact) mass is 346 g/mol. The number of fused-ring (bicyclic) bond motifs is 5. The van der Waals surface area contributed by atoms with Crippen LogP contribution in [-0.2, 0) is 4.74 Å². The maximum absolute atomic E-state index is 10.6. The zero-order valence-electron chi connectivity index (χ0n) is 17.0. The number of allylic oxidation sites excluding steroid dienone is 1. The van der Waals surface area contributed by atoms with Crippen LogP contribution in [0.4, 0.5) is 0 Å². The third-order valence-corrected chi connectivity index (χ3v) is 8.53. The van der Waals surface area contributed by atoms with Gasteiger partial charge in [0.1, 0.15) is 0 Å². The van der Waals surface area contributed by atoms with Crippen LogP contribution in [0.2, 0.25) is 0 Å². The van der Waals surface area contributed by atoms with Crippen LogP contribution in [0.25, 0.3) is 0 Å². The van der Waals surface area contributed by atoms with Gasteiger partial charge in [-0.3, -0.25) is 0 Å². The van der Waals surface area contributed by atoms with E-state index < -0.39 is 0 Å². The Morgan fingerprint density at radius 2 is 1.80 bits per heavy atom. The maximum Gasteiger partial charge on any atom is 0.0619 e. The summed E-state index contributed by atoms with van der Waals surface area (Å²) in [6.45, 7) is 11.5. The number of hydrogen-bond acceptors (Lipinski definition) is 2. The smallest absolute Gasteiger partial charge is 0.0619 e. The van der Waals surface area contributed by atoms with Gasteiger partial charge in [-0.15, -0.1) is 0 Å². The van der Waals surface area contributed by atoms with E-state index in [1.54, 1.807) is 5.57 Å². The molecule has 0 bridgehead atoms. The zero-order chi connectivity index (χ0) is 18.0. The Morgan fingerprint density at radius 1 is 1.04 bits per heavy atom. The van der Waals surface area contributed by atoms with Crippen LogP contribution in [0.15, 0.2) is 11.6 Å². The van der Waals surface area contributed by atoms with Crippen LogP contribution in [0.3, 0.4) is 0 Å². The van der Waals surface area contributed by atoms with Gasteiger partial charge in [-0.05, 0) is 101 Å². The summed E-state index contributed by atoms with van der Waals surface area (Å²) in [5.74, 6) is 2.36. The van der Waals surface area contributed by atoms with Gasteiger partial charge < -0.3 is 9.84 Å². The number of aliphatic hydroxyl groups is 1. The largest absolute Gasteiger partial charge is 0.393 e. The van der Waals surface area contributed by atoms with Crippen LogP contribution in [-0.4, -0.2) is 22.9 Å². The van der Waals surface area contributed by atoms with Crippen molar-refractivity contribution in [3.63, 3.8) is 0 Å². The molecule has 7 atom stereocenters. The first-order chi connectivity index (χ1) is 11.6. The van der Waals surface area contributed by atoms with Crippen molar-refractivity contribution in [3.05, 3.63) is 11.6 Å². The molecule has 2 nitrogen and oxygen atoms in total. The first-order valence-corrected chi connectivity index (χ1v) is 10.7. The third-order valence-electron chi connectivity index (χ3n) is 8.53. The van der Waals surface area contributed by atoms with Crippen LogP contribution in [0.5, 0.6) is 0 Å². The van der Waals surface area contributed by atoms with Crippen LogP contribution < -0.4 is 0 Å². The van der Waals surface area contributed by atoms with E-state index >= 15 is 0 Å². The van der Waals surface area contributed by atoms with Gasteiger partial charge in [0.15, 0.2) is 0 Å². The van der Waals surface area contributed by atoms with Crippen molar-refractivity contribution in [1.82, 2.24) is 0 Å². The average molecular weight is 347 g/mol. The first kappa shape index (κ1) is 18.0. The Kier molecular flexibility index (Phi) is 4.21. The summed E-state index contributed by atoms with van der Waals surface area (Å²) in [5.41, 5.74) is 2.23. The lowest BCUT2D eigenvalue weighted by molar-refractivity contribution is -0.0988. The number of hydrogen-bond donors (Lipinski definition) is 1. The van der Waals surface area contributed by atoms with Crippen molar-refractivity contribution in [2.45, 2.75) is 104 Å². The molecular formula is C23H38O2. The molecule has 0 spiro atoms. The summed E-state index contributed by atoms with van der Waals surface area (Å²) in [5, 5.41) is 10.6. The summed E-state index contributed by atoms with van der Waals surface area (Å²) in [6, 6.07) is 0. The fraction of sp³-hybridized carbons (Fsp3) is 0.913. The summed E-state index contributed by atoms with van der Waals surface area (Å²) < 4.78 is 6.33. The first-order valence-electron chi connectivity index (χ1n) is 10.7. The molecule has 0 saturated heterocycles. The van der Waals surface area contributed by atoms with E-state index in [-0.39, 0.29) is 17.1 Å². The minimum Gasteiger partial charge on any atom is -0.393 e.